The Kier molecular flexibility index (Phi) is 11.0. The number of halogens is 2. The molecule has 0 aliphatic rings. The van der Waals surface area contributed by atoms with Gasteiger partial charge in [0, 0.05) is 11.6 Å². The van der Waals surface area contributed by atoms with E-state index in [-0.39, 0.29) is 45.9 Å². The van der Waals surface area contributed by atoms with Gasteiger partial charge in [-0.1, -0.05) is 13.8 Å². The van der Waals surface area contributed by atoms with Gasteiger partial charge in [0.05, 0.1) is 6.61 Å². The molecule has 0 aliphatic heterocycles. The fourth-order valence-corrected chi connectivity index (χ4v) is 0.886. The van der Waals surface area contributed by atoms with Gasteiger partial charge < -0.3 is 21.7 Å². The fourth-order valence-electron chi connectivity index (χ4n) is 0.886. The molecule has 15 heavy (non-hydrogen) atoms. The topological polar surface area (TPSA) is 9.23 Å². The summed E-state index contributed by atoms with van der Waals surface area (Å²) in [4.78, 5) is 0. The van der Waals surface area contributed by atoms with E-state index in [0.29, 0.717) is 18.3 Å². The maximum Gasteiger partial charge on any atom is 2.00 e. The summed E-state index contributed by atoms with van der Waals surface area (Å²) in [6.45, 7) is 4.94. The molecule has 4 heteroatoms. The largest absolute Gasteiger partial charge is 2.00 e. The molecule has 0 heterocycles. The van der Waals surface area contributed by atoms with Gasteiger partial charge in [0.1, 0.15) is 0 Å². The number of rotatable bonds is 4. The predicted octanol–water partition coefficient (Wildman–Crippen LogP) is -0.326. The molecule has 0 atom stereocenters. The van der Waals surface area contributed by atoms with Crippen LogP contribution in [0.1, 0.15) is 20.3 Å². The smallest absolute Gasteiger partial charge is 1.00 e. The zero-order valence-corrected chi connectivity index (χ0v) is 12.1. The molecular weight excluding hydrogens is 271 g/mol. The van der Waals surface area contributed by atoms with Crippen LogP contribution in [0, 0.1) is 17.8 Å². The van der Waals surface area contributed by atoms with E-state index in [9.17, 15) is 4.39 Å². The van der Waals surface area contributed by atoms with Crippen molar-refractivity contribution in [3.8, 4) is 5.75 Å². The molecule has 1 rings (SSSR count). The van der Waals surface area contributed by atoms with E-state index in [4.69, 9.17) is 4.74 Å². The van der Waals surface area contributed by atoms with Crippen LogP contribution in [0.2, 0.25) is 0 Å². The van der Waals surface area contributed by atoms with Crippen molar-refractivity contribution >= 4 is 23.1 Å². The molecular formula is C11H14BrFMgO. The van der Waals surface area contributed by atoms with Crippen molar-refractivity contribution in [1.29, 1.82) is 0 Å². The molecule has 0 aromatic heterocycles. The maximum absolute atomic E-state index is 12.5. The third-order valence-electron chi connectivity index (χ3n) is 1.70. The Morgan fingerprint density at radius 2 is 2.07 bits per heavy atom. The Bertz CT molecular complexity index is 251. The normalized spacial score (nSPS) is 9.07. The van der Waals surface area contributed by atoms with E-state index in [1.165, 1.54) is 12.1 Å². The van der Waals surface area contributed by atoms with Gasteiger partial charge in [0.2, 0.25) is 0 Å². The minimum Gasteiger partial charge on any atom is -1.00 e. The van der Waals surface area contributed by atoms with Crippen LogP contribution in [0.4, 0.5) is 4.39 Å². The molecule has 0 saturated heterocycles. The Labute approximate surface area is 117 Å². The number of benzene rings is 1. The molecule has 0 aliphatic carbocycles. The molecule has 0 N–H and O–H groups in total. The molecule has 0 fully saturated rings. The van der Waals surface area contributed by atoms with Crippen LogP contribution in [-0.4, -0.2) is 29.7 Å². The Morgan fingerprint density at radius 1 is 1.40 bits per heavy atom. The van der Waals surface area contributed by atoms with Crippen LogP contribution in [-0.2, 0) is 0 Å². The van der Waals surface area contributed by atoms with Gasteiger partial charge in [-0.15, -0.1) is 24.3 Å². The summed E-state index contributed by atoms with van der Waals surface area (Å²) in [6.07, 6.45) is 1.01. The average Bonchev–Trinajstić information content (AvgIpc) is 2.08. The summed E-state index contributed by atoms with van der Waals surface area (Å²) in [6, 6.07) is 6.96. The zero-order valence-electron chi connectivity index (χ0n) is 9.09. The van der Waals surface area contributed by atoms with Crippen molar-refractivity contribution in [3.63, 3.8) is 0 Å². The van der Waals surface area contributed by atoms with Gasteiger partial charge >= 0.3 is 23.1 Å². The van der Waals surface area contributed by atoms with E-state index in [1.807, 2.05) is 0 Å². The molecule has 80 valence electrons. The van der Waals surface area contributed by atoms with Crippen molar-refractivity contribution < 1.29 is 26.1 Å². The second-order valence-electron chi connectivity index (χ2n) is 3.40. The van der Waals surface area contributed by atoms with Crippen LogP contribution in [0.5, 0.6) is 5.75 Å². The quantitative estimate of drug-likeness (QED) is 0.544. The molecule has 0 radical (unpaired) electrons. The summed E-state index contributed by atoms with van der Waals surface area (Å²) in [5.74, 6) is 0.957. The average molecular weight is 285 g/mol. The van der Waals surface area contributed by atoms with Gasteiger partial charge in [-0.25, -0.2) is 0 Å². The van der Waals surface area contributed by atoms with Crippen molar-refractivity contribution in [3.05, 3.63) is 30.1 Å². The minimum absolute atomic E-state index is 0. The molecule has 0 unspecified atom stereocenters. The Hall–Kier alpha value is 0.196. The van der Waals surface area contributed by atoms with Gasteiger partial charge in [0.15, 0.2) is 0 Å². The van der Waals surface area contributed by atoms with Crippen molar-refractivity contribution in [2.24, 2.45) is 5.92 Å². The first kappa shape index (κ1) is 17.6. The summed E-state index contributed by atoms with van der Waals surface area (Å²) >= 11 is 0. The molecule has 0 saturated carbocycles. The van der Waals surface area contributed by atoms with Crippen LogP contribution in [0.3, 0.4) is 0 Å². The first-order chi connectivity index (χ1) is 6.18. The molecule has 1 aromatic carbocycles. The predicted molar refractivity (Wildman–Crippen MR) is 55.9 cm³/mol. The van der Waals surface area contributed by atoms with Crippen molar-refractivity contribution in [2.75, 3.05) is 6.61 Å². The first-order valence-corrected chi connectivity index (χ1v) is 4.48. The summed E-state index contributed by atoms with van der Waals surface area (Å²) < 4.78 is 17.8. The third-order valence-corrected chi connectivity index (χ3v) is 1.70. The van der Waals surface area contributed by atoms with Gasteiger partial charge in [-0.2, -0.15) is 0 Å². The van der Waals surface area contributed by atoms with E-state index >= 15 is 0 Å². The van der Waals surface area contributed by atoms with Crippen molar-refractivity contribution in [2.45, 2.75) is 20.3 Å². The second kappa shape index (κ2) is 9.42. The molecule has 1 aromatic rings. The van der Waals surface area contributed by atoms with E-state index < -0.39 is 0 Å². The zero-order chi connectivity index (χ0) is 9.68. The number of hydrogen-bond donors (Lipinski definition) is 0. The monoisotopic (exact) mass is 284 g/mol. The second-order valence-corrected chi connectivity index (χ2v) is 3.40. The molecule has 0 spiro atoms. The van der Waals surface area contributed by atoms with Gasteiger partial charge in [0.25, 0.3) is 0 Å². The van der Waals surface area contributed by atoms with Crippen LogP contribution in [0.25, 0.3) is 0 Å². The molecule has 0 amide bonds. The summed E-state index contributed by atoms with van der Waals surface area (Å²) in [5, 5.41) is 0. The van der Waals surface area contributed by atoms with Crippen molar-refractivity contribution in [1.82, 2.24) is 0 Å². The van der Waals surface area contributed by atoms with Crippen LogP contribution < -0.4 is 21.7 Å². The van der Waals surface area contributed by atoms with E-state index in [2.05, 4.69) is 19.9 Å². The van der Waals surface area contributed by atoms with Gasteiger partial charge in [-0.3, -0.25) is 4.39 Å². The first-order valence-electron chi connectivity index (χ1n) is 4.48. The maximum atomic E-state index is 12.5. The van der Waals surface area contributed by atoms with Crippen LogP contribution >= 0.6 is 0 Å². The Balaban J connectivity index is 0. The van der Waals surface area contributed by atoms with Crippen LogP contribution in [0.15, 0.2) is 18.2 Å². The molecule has 1 nitrogen and oxygen atoms in total. The standard InChI is InChI=1S/C11H14FO.BrH.Mg/c1-9(2)7-8-13-11-5-3-10(12)4-6-11;;/h3-5,9H,7-8H2,1-2H3;1H;/q-1;;+2/p-1. The van der Waals surface area contributed by atoms with E-state index in [0.717, 1.165) is 6.42 Å². The fraction of sp³-hybridized carbons (Fsp3) is 0.455. The molecule has 0 bridgehead atoms. The summed E-state index contributed by atoms with van der Waals surface area (Å²) in [5.41, 5.74) is 0. The number of hydrogen-bond acceptors (Lipinski definition) is 1. The number of ether oxygens (including phenoxy) is 1. The SMILES string of the molecule is CC(C)CCOc1[c-]cc(F)cc1.[Br-].[Mg+2]. The van der Waals surface area contributed by atoms with Gasteiger partial charge in [-0.05, 0) is 12.3 Å². The minimum atomic E-state index is -0.281. The van der Waals surface area contributed by atoms with E-state index in [1.54, 1.807) is 6.07 Å². The summed E-state index contributed by atoms with van der Waals surface area (Å²) in [7, 11) is 0. The third kappa shape index (κ3) is 8.05. The Morgan fingerprint density at radius 3 is 2.53 bits per heavy atom.